The minimum atomic E-state index is -0.177. The summed E-state index contributed by atoms with van der Waals surface area (Å²) in [5, 5.41) is 7.47. The van der Waals surface area contributed by atoms with Crippen molar-refractivity contribution in [2.75, 3.05) is 5.32 Å². The fourth-order valence-corrected chi connectivity index (χ4v) is 2.75. The maximum Gasteiger partial charge on any atom is 0.228 e. The quantitative estimate of drug-likeness (QED) is 0.599. The third-order valence-electron chi connectivity index (χ3n) is 3.96. The second-order valence-electron chi connectivity index (χ2n) is 5.65. The van der Waals surface area contributed by atoms with Gasteiger partial charge >= 0.3 is 0 Å². The molecule has 0 fully saturated rings. The van der Waals surface area contributed by atoms with Crippen LogP contribution in [0.4, 0.5) is 5.95 Å². The fourth-order valence-electron chi connectivity index (χ4n) is 2.75. The zero-order valence-electron chi connectivity index (χ0n) is 13.3. The lowest BCUT2D eigenvalue weighted by Gasteiger charge is -2.08. The molecule has 2 aromatic heterocycles. The first-order valence-electron chi connectivity index (χ1n) is 7.90. The minimum absolute atomic E-state index is 0.126. The summed E-state index contributed by atoms with van der Waals surface area (Å²) in [4.78, 5) is 31.4. The second-order valence-corrected chi connectivity index (χ2v) is 5.65. The molecule has 1 amide bonds. The number of H-pyrrole nitrogens is 1. The Kier molecular flexibility index (Phi) is 3.74. The van der Waals surface area contributed by atoms with Gasteiger partial charge in [0.05, 0.1) is 29.3 Å². The lowest BCUT2D eigenvalue weighted by atomic mass is 10.2. The van der Waals surface area contributed by atoms with Crippen LogP contribution in [0, 0.1) is 0 Å². The Hall–Kier alpha value is -3.48. The number of hydrogen-bond donors (Lipinski definition) is 2. The number of para-hydroxylation sites is 3. The lowest BCUT2D eigenvalue weighted by molar-refractivity contribution is -0.116. The molecule has 2 aromatic carbocycles. The van der Waals surface area contributed by atoms with E-state index in [1.54, 1.807) is 10.7 Å². The molecule has 7 heteroatoms. The number of hydrogen-bond acceptors (Lipinski definition) is 4. The summed E-state index contributed by atoms with van der Waals surface area (Å²) in [6.45, 7) is 0.368. The summed E-state index contributed by atoms with van der Waals surface area (Å²) in [6.07, 6.45) is 1.50. The smallest absolute Gasteiger partial charge is 0.228 e. The van der Waals surface area contributed by atoms with Gasteiger partial charge in [-0.15, -0.1) is 0 Å². The van der Waals surface area contributed by atoms with E-state index in [0.717, 1.165) is 11.0 Å². The minimum Gasteiger partial charge on any atom is -0.324 e. The highest BCUT2D eigenvalue weighted by Gasteiger charge is 2.09. The zero-order valence-corrected chi connectivity index (χ0v) is 13.3. The van der Waals surface area contributed by atoms with Crippen LogP contribution in [0.25, 0.3) is 21.9 Å². The van der Waals surface area contributed by atoms with Crippen molar-refractivity contribution in [3.8, 4) is 0 Å². The molecular formula is C18H15N5O2. The van der Waals surface area contributed by atoms with Crippen LogP contribution in [0.5, 0.6) is 0 Å². The van der Waals surface area contributed by atoms with Gasteiger partial charge in [-0.2, -0.15) is 5.10 Å². The maximum absolute atomic E-state index is 12.2. The molecule has 0 saturated heterocycles. The first kappa shape index (κ1) is 15.1. The van der Waals surface area contributed by atoms with Crippen molar-refractivity contribution < 1.29 is 4.79 Å². The van der Waals surface area contributed by atoms with E-state index in [0.29, 0.717) is 23.4 Å². The Labute approximate surface area is 142 Å². The van der Waals surface area contributed by atoms with Crippen LogP contribution < -0.4 is 10.7 Å². The Morgan fingerprint density at radius 1 is 1.12 bits per heavy atom. The topological polar surface area (TPSA) is 92.7 Å². The number of anilines is 1. The summed E-state index contributed by atoms with van der Waals surface area (Å²) < 4.78 is 1.66. The van der Waals surface area contributed by atoms with Gasteiger partial charge < -0.3 is 4.98 Å². The normalized spacial score (nSPS) is 11.0. The molecule has 2 N–H and O–H groups in total. The highest BCUT2D eigenvalue weighted by molar-refractivity contribution is 5.91. The lowest BCUT2D eigenvalue weighted by Crippen LogP contribution is -2.18. The van der Waals surface area contributed by atoms with Gasteiger partial charge in [-0.1, -0.05) is 24.3 Å². The van der Waals surface area contributed by atoms with Crippen molar-refractivity contribution in [3.63, 3.8) is 0 Å². The molecule has 0 atom stereocenters. The fraction of sp³-hybridized carbons (Fsp3) is 0.111. The molecule has 4 rings (SSSR count). The number of aromatic nitrogens is 4. The molecule has 124 valence electrons. The molecule has 0 aliphatic carbocycles. The van der Waals surface area contributed by atoms with E-state index in [4.69, 9.17) is 0 Å². The highest BCUT2D eigenvalue weighted by atomic mass is 16.1. The van der Waals surface area contributed by atoms with Gasteiger partial charge in [-0.05, 0) is 24.3 Å². The number of nitrogens with zero attached hydrogens (tertiary/aromatic N) is 3. The number of rotatable bonds is 4. The van der Waals surface area contributed by atoms with E-state index in [9.17, 15) is 9.59 Å². The standard InChI is InChI=1S/C18H15N5O2/c24-16-11-19-23(15-8-4-1-5-12(15)16)10-9-17(25)22-18-20-13-6-2-3-7-14(13)21-18/h1-8,11H,9-10H2,(H2,20,21,22,25). The number of carbonyl (C=O) groups excluding carboxylic acids is 1. The third kappa shape index (κ3) is 2.99. The summed E-state index contributed by atoms with van der Waals surface area (Å²) in [5.74, 6) is 0.243. The Balaban J connectivity index is 1.49. The van der Waals surface area contributed by atoms with Crippen molar-refractivity contribution in [1.82, 2.24) is 19.7 Å². The number of aryl methyl sites for hydroxylation is 1. The van der Waals surface area contributed by atoms with Crippen molar-refractivity contribution in [1.29, 1.82) is 0 Å². The summed E-state index contributed by atoms with van der Waals surface area (Å²) in [5.41, 5.74) is 2.25. The number of imidazole rings is 1. The van der Waals surface area contributed by atoms with Gasteiger partial charge in [0.2, 0.25) is 17.3 Å². The molecule has 0 unspecified atom stereocenters. The second kappa shape index (κ2) is 6.20. The number of nitrogens with one attached hydrogen (secondary N) is 2. The van der Waals surface area contributed by atoms with Crippen LogP contribution >= 0.6 is 0 Å². The van der Waals surface area contributed by atoms with Crippen molar-refractivity contribution in [2.45, 2.75) is 13.0 Å². The van der Waals surface area contributed by atoms with Crippen LogP contribution in [-0.2, 0) is 11.3 Å². The molecule has 0 bridgehead atoms. The van der Waals surface area contributed by atoms with Gasteiger partial charge in [-0.25, -0.2) is 4.98 Å². The van der Waals surface area contributed by atoms with Gasteiger partial charge in [0.15, 0.2) is 0 Å². The van der Waals surface area contributed by atoms with Crippen molar-refractivity contribution in [2.24, 2.45) is 0 Å². The molecule has 0 radical (unpaired) electrons. The SMILES string of the molecule is O=C(CCn1ncc(=O)c2ccccc21)Nc1nc2ccccc2[nH]1. The first-order chi connectivity index (χ1) is 12.2. The zero-order chi connectivity index (χ0) is 17.2. The van der Waals surface area contributed by atoms with E-state index >= 15 is 0 Å². The molecule has 25 heavy (non-hydrogen) atoms. The van der Waals surface area contributed by atoms with E-state index in [-0.39, 0.29) is 17.8 Å². The Bertz CT molecular complexity index is 1100. The molecule has 0 aliphatic rings. The molecule has 4 aromatic rings. The number of fused-ring (bicyclic) bond motifs is 2. The van der Waals surface area contributed by atoms with Gasteiger partial charge in [0, 0.05) is 11.8 Å². The number of carbonyl (C=O) groups is 1. The molecule has 7 nitrogen and oxygen atoms in total. The van der Waals surface area contributed by atoms with Crippen LogP contribution in [0.3, 0.4) is 0 Å². The van der Waals surface area contributed by atoms with Crippen molar-refractivity contribution in [3.05, 3.63) is 65.0 Å². The summed E-state index contributed by atoms with van der Waals surface area (Å²) >= 11 is 0. The average Bonchev–Trinajstić information content (AvgIpc) is 3.03. The molecule has 0 spiro atoms. The van der Waals surface area contributed by atoms with Crippen molar-refractivity contribution >= 4 is 33.8 Å². The molecule has 2 heterocycles. The molecule has 0 aliphatic heterocycles. The number of aromatic amines is 1. The third-order valence-corrected chi connectivity index (χ3v) is 3.96. The first-order valence-corrected chi connectivity index (χ1v) is 7.90. The monoisotopic (exact) mass is 333 g/mol. The van der Waals surface area contributed by atoms with Crippen LogP contribution in [0.1, 0.15) is 6.42 Å². The highest BCUT2D eigenvalue weighted by Crippen LogP contribution is 2.13. The predicted molar refractivity (Wildman–Crippen MR) is 95.3 cm³/mol. The van der Waals surface area contributed by atoms with Gasteiger partial charge in [0.1, 0.15) is 0 Å². The van der Waals surface area contributed by atoms with E-state index in [1.165, 1.54) is 6.20 Å². The van der Waals surface area contributed by atoms with Crippen LogP contribution in [-0.4, -0.2) is 25.7 Å². The van der Waals surface area contributed by atoms with Gasteiger partial charge in [0.25, 0.3) is 0 Å². The van der Waals surface area contributed by atoms with Crippen LogP contribution in [0.2, 0.25) is 0 Å². The largest absolute Gasteiger partial charge is 0.324 e. The predicted octanol–water partition coefficient (Wildman–Crippen LogP) is 2.30. The number of amides is 1. The van der Waals surface area contributed by atoms with Gasteiger partial charge in [-0.3, -0.25) is 19.6 Å². The van der Waals surface area contributed by atoms with E-state index < -0.39 is 0 Å². The van der Waals surface area contributed by atoms with E-state index in [2.05, 4.69) is 20.4 Å². The maximum atomic E-state index is 12.2. The Morgan fingerprint density at radius 2 is 1.92 bits per heavy atom. The number of benzene rings is 2. The molecular weight excluding hydrogens is 318 g/mol. The van der Waals surface area contributed by atoms with E-state index in [1.807, 2.05) is 42.5 Å². The molecule has 0 saturated carbocycles. The summed E-state index contributed by atoms with van der Waals surface area (Å²) in [7, 11) is 0. The Morgan fingerprint density at radius 3 is 2.80 bits per heavy atom. The van der Waals surface area contributed by atoms with Crippen LogP contribution in [0.15, 0.2) is 59.5 Å². The summed E-state index contributed by atoms with van der Waals surface area (Å²) in [6, 6.07) is 14.8. The average molecular weight is 333 g/mol.